The fourth-order valence-electron chi connectivity index (χ4n) is 1.76. The van der Waals surface area contributed by atoms with Crippen molar-refractivity contribution in [1.29, 1.82) is 5.26 Å². The average molecular weight is 361 g/mol. The molecule has 0 aliphatic rings. The van der Waals surface area contributed by atoms with Gasteiger partial charge in [-0.3, -0.25) is 10.1 Å². The van der Waals surface area contributed by atoms with Crippen LogP contribution in [0.4, 0.5) is 23.2 Å². The van der Waals surface area contributed by atoms with Crippen molar-refractivity contribution in [1.82, 2.24) is 0 Å². The van der Waals surface area contributed by atoms with Crippen molar-refractivity contribution in [3.8, 4) is 17.6 Å². The van der Waals surface area contributed by atoms with E-state index in [-0.39, 0.29) is 11.6 Å². The lowest BCUT2D eigenvalue weighted by Crippen LogP contribution is -2.07. The van der Waals surface area contributed by atoms with Crippen LogP contribution in [0.1, 0.15) is 11.1 Å². The van der Waals surface area contributed by atoms with Gasteiger partial charge in [-0.15, -0.1) is 0 Å². The Hall–Kier alpha value is -2.86. The number of nitriles is 1. The maximum atomic E-state index is 13.8. The van der Waals surface area contributed by atoms with Gasteiger partial charge in [0, 0.05) is 12.1 Å². The third-order valence-electron chi connectivity index (χ3n) is 2.83. The molecule has 0 spiro atoms. The molecule has 0 atom stereocenters. The molecule has 124 valence electrons. The van der Waals surface area contributed by atoms with Crippen LogP contribution in [-0.2, 0) is 6.18 Å². The van der Waals surface area contributed by atoms with Gasteiger partial charge in [0.2, 0.25) is 5.75 Å². The first kappa shape index (κ1) is 17.5. The summed E-state index contributed by atoms with van der Waals surface area (Å²) >= 11 is 5.48. The molecule has 2 rings (SSSR count). The zero-order chi connectivity index (χ0) is 18.1. The summed E-state index contributed by atoms with van der Waals surface area (Å²) in [5.74, 6) is -2.19. The van der Waals surface area contributed by atoms with Gasteiger partial charge >= 0.3 is 11.9 Å². The average Bonchev–Trinajstić information content (AvgIpc) is 2.47. The van der Waals surface area contributed by atoms with Crippen molar-refractivity contribution in [2.24, 2.45) is 0 Å². The molecular weight excluding hydrogens is 356 g/mol. The number of ether oxygens (including phenoxy) is 1. The molecule has 5 nitrogen and oxygen atoms in total. The highest BCUT2D eigenvalue weighted by Crippen LogP contribution is 2.42. The third kappa shape index (κ3) is 3.55. The SMILES string of the molecule is N#Cc1ccc(Oc2cc(Cl)c(C(F)(F)F)cc2[N+](=O)[O-])c(F)c1. The molecule has 0 saturated carbocycles. The smallest absolute Gasteiger partial charge is 0.418 e. The monoisotopic (exact) mass is 360 g/mol. The predicted molar refractivity (Wildman–Crippen MR) is 74.3 cm³/mol. The van der Waals surface area contributed by atoms with Gasteiger partial charge in [-0.05, 0) is 18.2 Å². The van der Waals surface area contributed by atoms with E-state index in [2.05, 4.69) is 0 Å². The van der Waals surface area contributed by atoms with Gasteiger partial charge in [0.1, 0.15) is 0 Å². The number of alkyl halides is 3. The second-order valence-corrected chi connectivity index (χ2v) is 4.82. The number of nitro groups is 1. The van der Waals surface area contributed by atoms with Gasteiger partial charge < -0.3 is 4.74 Å². The Labute approximate surface area is 136 Å². The second-order valence-electron chi connectivity index (χ2n) is 4.41. The lowest BCUT2D eigenvalue weighted by Gasteiger charge is -2.12. The Morgan fingerprint density at radius 3 is 2.38 bits per heavy atom. The van der Waals surface area contributed by atoms with Crippen LogP contribution in [0.3, 0.4) is 0 Å². The van der Waals surface area contributed by atoms with E-state index in [1.165, 1.54) is 6.07 Å². The number of hydrogen-bond donors (Lipinski definition) is 0. The van der Waals surface area contributed by atoms with Gasteiger partial charge in [0.15, 0.2) is 11.6 Å². The Morgan fingerprint density at radius 1 is 1.21 bits per heavy atom. The van der Waals surface area contributed by atoms with Crippen molar-refractivity contribution in [3.05, 3.63) is 62.4 Å². The van der Waals surface area contributed by atoms with Gasteiger partial charge in [0.05, 0.1) is 27.1 Å². The third-order valence-corrected chi connectivity index (χ3v) is 3.14. The summed E-state index contributed by atoms with van der Waals surface area (Å²) < 4.78 is 57.0. The fourth-order valence-corrected chi connectivity index (χ4v) is 2.02. The zero-order valence-corrected chi connectivity index (χ0v) is 12.2. The molecule has 10 heteroatoms. The van der Waals surface area contributed by atoms with Gasteiger partial charge in [-0.2, -0.15) is 18.4 Å². The van der Waals surface area contributed by atoms with Crippen LogP contribution in [-0.4, -0.2) is 4.92 Å². The number of rotatable bonds is 3. The number of hydrogen-bond acceptors (Lipinski definition) is 4. The highest BCUT2D eigenvalue weighted by Gasteiger charge is 2.36. The zero-order valence-electron chi connectivity index (χ0n) is 11.4. The van der Waals surface area contributed by atoms with Crippen LogP contribution >= 0.6 is 11.6 Å². The quantitative estimate of drug-likeness (QED) is 0.435. The standard InChI is InChI=1S/C14H5ClF4N2O3/c15-9-5-13(11(21(22)23)4-8(9)14(17,18)19)24-12-2-1-7(6-20)3-10(12)16/h1-5H. The first-order chi connectivity index (χ1) is 11.1. The van der Waals surface area contributed by atoms with Crippen LogP contribution < -0.4 is 4.74 Å². The number of nitrogens with zero attached hydrogens (tertiary/aromatic N) is 2. The van der Waals surface area contributed by atoms with E-state index in [0.29, 0.717) is 6.07 Å². The van der Waals surface area contributed by atoms with E-state index < -0.39 is 44.7 Å². The van der Waals surface area contributed by atoms with Crippen LogP contribution in [0.5, 0.6) is 11.5 Å². The molecule has 0 unspecified atom stereocenters. The van der Waals surface area contributed by atoms with Crippen LogP contribution in [0, 0.1) is 27.3 Å². The summed E-state index contributed by atoms with van der Waals surface area (Å²) in [5, 5.41) is 18.8. The molecule has 0 bridgehead atoms. The minimum Gasteiger partial charge on any atom is -0.447 e. The molecule has 2 aromatic rings. The first-order valence-corrected chi connectivity index (χ1v) is 6.44. The van der Waals surface area contributed by atoms with Crippen molar-refractivity contribution >= 4 is 17.3 Å². The maximum absolute atomic E-state index is 13.8. The highest BCUT2D eigenvalue weighted by atomic mass is 35.5. The molecule has 0 saturated heterocycles. The Bertz CT molecular complexity index is 862. The molecular formula is C14H5ClF4N2O3. The van der Waals surface area contributed by atoms with E-state index in [0.717, 1.165) is 12.1 Å². The summed E-state index contributed by atoms with van der Waals surface area (Å²) in [6, 6.07) is 5.47. The number of halogens is 5. The summed E-state index contributed by atoms with van der Waals surface area (Å²) in [4.78, 5) is 9.86. The Balaban J connectivity index is 2.53. The largest absolute Gasteiger partial charge is 0.447 e. The van der Waals surface area contributed by atoms with Crippen LogP contribution in [0.15, 0.2) is 30.3 Å². The summed E-state index contributed by atoms with van der Waals surface area (Å²) in [5.41, 5.74) is -2.47. The van der Waals surface area contributed by atoms with E-state index in [9.17, 15) is 27.7 Å². The Kier molecular flexibility index (Phi) is 4.61. The van der Waals surface area contributed by atoms with E-state index >= 15 is 0 Å². The lowest BCUT2D eigenvalue weighted by molar-refractivity contribution is -0.385. The minimum atomic E-state index is -4.90. The molecule has 0 aromatic heterocycles. The molecule has 0 aliphatic heterocycles. The molecule has 0 aliphatic carbocycles. The van der Waals surface area contributed by atoms with Gasteiger partial charge in [0.25, 0.3) is 0 Å². The Morgan fingerprint density at radius 2 is 1.88 bits per heavy atom. The summed E-state index contributed by atoms with van der Waals surface area (Å²) in [6.07, 6.45) is -4.90. The van der Waals surface area contributed by atoms with E-state index in [1.54, 1.807) is 6.07 Å². The molecule has 0 N–H and O–H groups in total. The summed E-state index contributed by atoms with van der Waals surface area (Å²) in [6.45, 7) is 0. The fraction of sp³-hybridized carbons (Fsp3) is 0.0714. The lowest BCUT2D eigenvalue weighted by atomic mass is 10.1. The van der Waals surface area contributed by atoms with Crippen LogP contribution in [0.2, 0.25) is 5.02 Å². The predicted octanol–water partition coefficient (Wildman–Crippen LogP) is 5.07. The normalized spacial score (nSPS) is 11.0. The number of benzene rings is 2. The highest BCUT2D eigenvalue weighted by molar-refractivity contribution is 6.31. The van der Waals surface area contributed by atoms with E-state index in [4.69, 9.17) is 21.6 Å². The van der Waals surface area contributed by atoms with Crippen molar-refractivity contribution in [3.63, 3.8) is 0 Å². The van der Waals surface area contributed by atoms with Crippen molar-refractivity contribution < 1.29 is 27.2 Å². The van der Waals surface area contributed by atoms with Gasteiger partial charge in [-0.25, -0.2) is 4.39 Å². The van der Waals surface area contributed by atoms with Crippen molar-refractivity contribution in [2.45, 2.75) is 6.18 Å². The van der Waals surface area contributed by atoms with Gasteiger partial charge in [-0.1, -0.05) is 11.6 Å². The second kappa shape index (κ2) is 6.33. The van der Waals surface area contributed by atoms with Crippen molar-refractivity contribution in [2.75, 3.05) is 0 Å². The van der Waals surface area contributed by atoms with E-state index in [1.807, 2.05) is 0 Å². The maximum Gasteiger partial charge on any atom is 0.418 e. The molecule has 0 amide bonds. The van der Waals surface area contributed by atoms with Crippen LogP contribution in [0.25, 0.3) is 0 Å². The minimum absolute atomic E-state index is 0.0280. The first-order valence-electron chi connectivity index (χ1n) is 6.06. The molecule has 24 heavy (non-hydrogen) atoms. The topological polar surface area (TPSA) is 76.2 Å². The number of nitro benzene ring substituents is 1. The molecule has 0 heterocycles. The molecule has 0 radical (unpaired) electrons. The molecule has 2 aromatic carbocycles. The summed E-state index contributed by atoms with van der Waals surface area (Å²) in [7, 11) is 0. The molecule has 0 fully saturated rings.